The summed E-state index contributed by atoms with van der Waals surface area (Å²) in [5.41, 5.74) is 5.34. The van der Waals surface area contributed by atoms with E-state index in [-0.39, 0.29) is 11.7 Å². The quantitative estimate of drug-likeness (QED) is 0.234. The smallest absolute Gasteiger partial charge is 0.490 e. The topological polar surface area (TPSA) is 125 Å². The van der Waals surface area contributed by atoms with Crippen LogP contribution in [-0.4, -0.2) is 115 Å². The van der Waals surface area contributed by atoms with E-state index in [2.05, 4.69) is 52.7 Å². The largest absolute Gasteiger partial charge is 0.542 e. The Morgan fingerprint density at radius 3 is 2.06 bits per heavy atom. The average molecular weight is 770 g/mol. The van der Waals surface area contributed by atoms with Gasteiger partial charge in [0.2, 0.25) is 0 Å². The van der Waals surface area contributed by atoms with Crippen molar-refractivity contribution in [1.29, 1.82) is 0 Å². The Kier molecular flexibility index (Phi) is 13.8. The molecular formula is C37H42F7N5O5. The van der Waals surface area contributed by atoms with Gasteiger partial charge in [0.05, 0.1) is 27.2 Å². The van der Waals surface area contributed by atoms with E-state index in [9.17, 15) is 35.5 Å². The van der Waals surface area contributed by atoms with E-state index in [1.54, 1.807) is 6.07 Å². The number of benzene rings is 3. The highest BCUT2D eigenvalue weighted by Crippen LogP contribution is 2.29. The third-order valence-electron chi connectivity index (χ3n) is 9.39. The second kappa shape index (κ2) is 17.7. The number of alkyl halides is 6. The monoisotopic (exact) mass is 769 g/mol. The van der Waals surface area contributed by atoms with Crippen LogP contribution < -0.4 is 15.7 Å². The number of nitrogens with zero attached hydrogens (tertiary/aromatic N) is 3. The number of quaternary nitrogens is 1. The van der Waals surface area contributed by atoms with E-state index in [1.807, 2.05) is 36.4 Å². The molecule has 0 spiro atoms. The molecule has 0 aromatic heterocycles. The summed E-state index contributed by atoms with van der Waals surface area (Å²) < 4.78 is 79.3. The van der Waals surface area contributed by atoms with Crippen molar-refractivity contribution in [2.24, 2.45) is 0 Å². The molecular weight excluding hydrogens is 727 g/mol. The van der Waals surface area contributed by atoms with Gasteiger partial charge in [-0.05, 0) is 59.0 Å². The van der Waals surface area contributed by atoms with Crippen LogP contribution in [0.5, 0.6) is 0 Å². The summed E-state index contributed by atoms with van der Waals surface area (Å²) in [6, 6.07) is 22.5. The van der Waals surface area contributed by atoms with Crippen molar-refractivity contribution in [1.82, 2.24) is 20.4 Å². The number of carbonyl (C=O) groups excluding carboxylic acids is 2. The number of carboxylic acid groups (broad SMARTS) is 2. The van der Waals surface area contributed by atoms with E-state index in [1.165, 1.54) is 18.1 Å². The lowest BCUT2D eigenvalue weighted by Crippen LogP contribution is -2.54. The van der Waals surface area contributed by atoms with Crippen LogP contribution in [0, 0.1) is 5.82 Å². The van der Waals surface area contributed by atoms with E-state index in [0.717, 1.165) is 73.5 Å². The third-order valence-corrected chi connectivity index (χ3v) is 9.39. The minimum absolute atomic E-state index is 0.111. The summed E-state index contributed by atoms with van der Waals surface area (Å²) in [5.74, 6) is -6.12. The molecule has 3 N–H and O–H groups in total. The lowest BCUT2D eigenvalue weighted by molar-refractivity contribution is -0.894. The summed E-state index contributed by atoms with van der Waals surface area (Å²) in [7, 11) is 4.56. The van der Waals surface area contributed by atoms with E-state index < -0.39 is 24.3 Å². The Balaban J connectivity index is 0.000000396. The molecule has 3 fully saturated rings. The Morgan fingerprint density at radius 1 is 0.889 bits per heavy atom. The number of halogens is 7. The maximum absolute atomic E-state index is 14.9. The van der Waals surface area contributed by atoms with Gasteiger partial charge in [-0.2, -0.15) is 26.3 Å². The zero-order chi connectivity index (χ0) is 39.8. The Hall–Kier alpha value is -4.58. The number of piperazine rings is 2. The number of amides is 1. The van der Waals surface area contributed by atoms with Crippen LogP contribution in [0.15, 0.2) is 66.7 Å². The molecule has 0 saturated carbocycles. The number of carbonyl (C=O) groups is 3. The molecule has 294 valence electrons. The second-order valence-electron chi connectivity index (χ2n) is 14.1. The predicted octanol–water partition coefficient (Wildman–Crippen LogP) is 3.79. The van der Waals surface area contributed by atoms with Gasteiger partial charge in [0.25, 0.3) is 5.91 Å². The molecule has 17 heteroatoms. The van der Waals surface area contributed by atoms with Gasteiger partial charge < -0.3 is 30.1 Å². The molecule has 3 aromatic rings. The van der Waals surface area contributed by atoms with Gasteiger partial charge in [-0.3, -0.25) is 14.6 Å². The zero-order valence-electron chi connectivity index (χ0n) is 29.6. The van der Waals surface area contributed by atoms with Crippen LogP contribution in [0.1, 0.15) is 33.5 Å². The van der Waals surface area contributed by atoms with E-state index in [4.69, 9.17) is 19.8 Å². The lowest BCUT2D eigenvalue weighted by atomic mass is 10.00. The molecule has 3 aliphatic rings. The van der Waals surface area contributed by atoms with Crippen LogP contribution in [-0.2, 0) is 29.2 Å². The van der Waals surface area contributed by atoms with E-state index in [0.29, 0.717) is 29.8 Å². The minimum Gasteiger partial charge on any atom is -0.542 e. The molecule has 2 bridgehead atoms. The first-order valence-corrected chi connectivity index (χ1v) is 17.0. The van der Waals surface area contributed by atoms with Crippen molar-refractivity contribution in [3.63, 3.8) is 0 Å². The van der Waals surface area contributed by atoms with Crippen LogP contribution in [0.2, 0.25) is 0 Å². The highest BCUT2D eigenvalue weighted by molar-refractivity contribution is 5.94. The Morgan fingerprint density at radius 2 is 1.50 bits per heavy atom. The molecule has 3 saturated heterocycles. The summed E-state index contributed by atoms with van der Waals surface area (Å²) in [4.78, 5) is 35.7. The Labute approximate surface area is 307 Å². The van der Waals surface area contributed by atoms with Gasteiger partial charge >= 0.3 is 18.3 Å². The maximum atomic E-state index is 14.9. The number of likely N-dealkylation sites (N-methyl/N-ethyl adjacent to an activating group) is 1. The number of nitrogens with one attached hydrogen (secondary N) is 2. The van der Waals surface area contributed by atoms with Gasteiger partial charge in [0.1, 0.15) is 11.8 Å². The lowest BCUT2D eigenvalue weighted by Gasteiger charge is -2.39. The summed E-state index contributed by atoms with van der Waals surface area (Å²) in [6.45, 7) is 8.65. The van der Waals surface area contributed by atoms with Crippen LogP contribution in [0.3, 0.4) is 0 Å². The van der Waals surface area contributed by atoms with E-state index >= 15 is 0 Å². The number of rotatable bonds is 8. The summed E-state index contributed by atoms with van der Waals surface area (Å²) in [6.07, 6.45) is -9.05. The SMILES string of the molecule is C[N+]1(C)CCN(Cc2cccc(C(=O)NCc3ccc(F)c(-c4cccc(CN5C[C@@H]6C[C@H]5CN6)c4)c3)c2)CC1.O=C(O)C(F)(F)F.O=C([O-])C(F)(F)F. The zero-order valence-corrected chi connectivity index (χ0v) is 29.6. The molecule has 6 rings (SSSR count). The van der Waals surface area contributed by atoms with Crippen molar-refractivity contribution in [3.05, 3.63) is 94.8 Å². The molecule has 0 radical (unpaired) electrons. The number of hydrogen-bond donors (Lipinski definition) is 3. The van der Waals surface area contributed by atoms with Crippen molar-refractivity contribution < 1.29 is 59.8 Å². The van der Waals surface area contributed by atoms with Crippen LogP contribution in [0.4, 0.5) is 30.7 Å². The molecule has 1 amide bonds. The first-order valence-electron chi connectivity index (χ1n) is 17.0. The predicted molar refractivity (Wildman–Crippen MR) is 182 cm³/mol. The standard InChI is InChI=1S/C33H40FN5O.2C2HF3O2/c1-39(2)13-11-37(12-14-39)21-25-5-4-8-28(16-25)33(40)36-19-24-9-10-32(34)31(17-24)27-7-3-6-26(15-27)22-38-23-29-18-30(38)20-35-29;2*3-2(4,5)1(6)7/h3-10,15-17,29-30,35H,11-14,18-23H2,1-2H3;2*(H,6,7)/t29-,30-;;/m0../s1. The third kappa shape index (κ3) is 12.5. The molecule has 0 unspecified atom stereocenters. The van der Waals surface area contributed by atoms with Crippen molar-refractivity contribution in [3.8, 4) is 11.1 Å². The number of carboxylic acids is 2. The highest BCUT2D eigenvalue weighted by atomic mass is 19.4. The number of likely N-dealkylation sites (tertiary alicyclic amines) is 1. The average Bonchev–Trinajstić information content (AvgIpc) is 3.72. The van der Waals surface area contributed by atoms with Gasteiger partial charge in [-0.15, -0.1) is 0 Å². The van der Waals surface area contributed by atoms with Gasteiger partial charge in [0.15, 0.2) is 0 Å². The summed E-state index contributed by atoms with van der Waals surface area (Å²) in [5, 5.41) is 22.5. The number of fused-ring (bicyclic) bond motifs is 2. The molecule has 3 aromatic carbocycles. The minimum atomic E-state index is -5.19. The van der Waals surface area contributed by atoms with Crippen molar-refractivity contribution >= 4 is 17.8 Å². The van der Waals surface area contributed by atoms with Crippen LogP contribution >= 0.6 is 0 Å². The summed E-state index contributed by atoms with van der Waals surface area (Å²) >= 11 is 0. The fourth-order valence-corrected chi connectivity index (χ4v) is 6.38. The fourth-order valence-electron chi connectivity index (χ4n) is 6.38. The van der Waals surface area contributed by atoms with Gasteiger partial charge in [-0.25, -0.2) is 9.18 Å². The number of hydrogen-bond acceptors (Lipinski definition) is 7. The molecule has 0 aliphatic carbocycles. The highest BCUT2D eigenvalue weighted by Gasteiger charge is 2.38. The first kappa shape index (κ1) is 42.2. The maximum Gasteiger partial charge on any atom is 0.490 e. The van der Waals surface area contributed by atoms with Crippen LogP contribution in [0.25, 0.3) is 11.1 Å². The molecule has 54 heavy (non-hydrogen) atoms. The molecule has 2 atom stereocenters. The van der Waals surface area contributed by atoms with Crippen molar-refractivity contribution in [2.45, 2.75) is 50.5 Å². The normalized spacial score (nSPS) is 19.6. The fraction of sp³-hybridized carbons (Fsp3) is 0.432. The molecule has 3 aliphatic heterocycles. The first-order chi connectivity index (χ1) is 25.2. The molecule has 10 nitrogen and oxygen atoms in total. The van der Waals surface area contributed by atoms with Gasteiger partial charge in [0, 0.05) is 69.0 Å². The Bertz CT molecular complexity index is 1750. The van der Waals surface area contributed by atoms with Gasteiger partial charge in [-0.1, -0.05) is 36.4 Å². The number of aliphatic carboxylic acids is 2. The van der Waals surface area contributed by atoms with Crippen molar-refractivity contribution in [2.75, 3.05) is 53.4 Å². The second-order valence-corrected chi connectivity index (χ2v) is 14.1. The molecule has 3 heterocycles.